The minimum absolute atomic E-state index is 0.542. The first-order chi connectivity index (χ1) is 11.1. The summed E-state index contributed by atoms with van der Waals surface area (Å²) in [5, 5.41) is 3.18. The quantitative estimate of drug-likeness (QED) is 0.434. The van der Waals surface area contributed by atoms with E-state index in [4.69, 9.17) is 5.73 Å². The SMILES string of the molecule is CC(C)CN=C(N)NCCCN1CCN(c2ncccn2)CC1. The maximum absolute atomic E-state index is 5.83. The van der Waals surface area contributed by atoms with Crippen molar-refractivity contribution in [2.45, 2.75) is 20.3 Å². The molecule has 3 N–H and O–H groups in total. The van der Waals surface area contributed by atoms with Crippen molar-refractivity contribution in [2.24, 2.45) is 16.6 Å². The van der Waals surface area contributed by atoms with Crippen LogP contribution in [-0.2, 0) is 0 Å². The maximum atomic E-state index is 5.83. The van der Waals surface area contributed by atoms with Crippen LogP contribution < -0.4 is 16.0 Å². The number of anilines is 1. The van der Waals surface area contributed by atoms with Gasteiger partial charge in [-0.15, -0.1) is 0 Å². The van der Waals surface area contributed by atoms with Crippen LogP contribution in [0.25, 0.3) is 0 Å². The Balaban J connectivity index is 1.59. The molecule has 0 amide bonds. The van der Waals surface area contributed by atoms with E-state index in [-0.39, 0.29) is 0 Å². The number of nitrogens with two attached hydrogens (primary N) is 1. The molecule has 0 atom stereocenters. The summed E-state index contributed by atoms with van der Waals surface area (Å²) in [5.74, 6) is 1.94. The van der Waals surface area contributed by atoms with Gasteiger partial charge in [0, 0.05) is 51.7 Å². The van der Waals surface area contributed by atoms with Crippen LogP contribution in [-0.4, -0.2) is 66.6 Å². The average molecular weight is 319 g/mol. The molecule has 1 saturated heterocycles. The first-order valence-electron chi connectivity index (χ1n) is 8.43. The molecule has 0 radical (unpaired) electrons. The van der Waals surface area contributed by atoms with Gasteiger partial charge in [-0.25, -0.2) is 9.97 Å². The van der Waals surface area contributed by atoms with E-state index in [0.29, 0.717) is 11.9 Å². The lowest BCUT2D eigenvalue weighted by molar-refractivity contribution is 0.254. The Hall–Kier alpha value is -1.89. The number of hydrogen-bond donors (Lipinski definition) is 2. The third-order valence-electron chi connectivity index (χ3n) is 3.79. The van der Waals surface area contributed by atoms with E-state index >= 15 is 0 Å². The Morgan fingerprint density at radius 1 is 1.26 bits per heavy atom. The molecule has 1 fully saturated rings. The molecule has 1 aliphatic rings. The zero-order valence-corrected chi connectivity index (χ0v) is 14.3. The second-order valence-electron chi connectivity index (χ2n) is 6.28. The smallest absolute Gasteiger partial charge is 0.225 e. The van der Waals surface area contributed by atoms with Gasteiger partial charge in [0.25, 0.3) is 0 Å². The molecule has 7 nitrogen and oxygen atoms in total. The van der Waals surface area contributed by atoms with Crippen LogP contribution in [0.4, 0.5) is 5.95 Å². The van der Waals surface area contributed by atoms with E-state index in [1.807, 2.05) is 6.07 Å². The van der Waals surface area contributed by atoms with E-state index in [9.17, 15) is 0 Å². The van der Waals surface area contributed by atoms with E-state index in [1.54, 1.807) is 12.4 Å². The number of hydrogen-bond acceptors (Lipinski definition) is 5. The third-order valence-corrected chi connectivity index (χ3v) is 3.79. The Morgan fingerprint density at radius 2 is 1.96 bits per heavy atom. The molecule has 0 aromatic carbocycles. The normalized spacial score (nSPS) is 16.8. The zero-order chi connectivity index (χ0) is 16.5. The number of nitrogens with one attached hydrogen (secondary N) is 1. The average Bonchev–Trinajstić information content (AvgIpc) is 2.58. The monoisotopic (exact) mass is 319 g/mol. The predicted octanol–water partition coefficient (Wildman–Crippen LogP) is 0.549. The van der Waals surface area contributed by atoms with Crippen molar-refractivity contribution in [3.63, 3.8) is 0 Å². The number of rotatable bonds is 7. The van der Waals surface area contributed by atoms with Gasteiger partial charge < -0.3 is 16.0 Å². The molecule has 2 heterocycles. The molecule has 1 aliphatic heterocycles. The molecule has 0 saturated carbocycles. The van der Waals surface area contributed by atoms with Crippen molar-refractivity contribution in [3.8, 4) is 0 Å². The molecule has 1 aromatic rings. The topological polar surface area (TPSA) is 82.7 Å². The summed E-state index contributed by atoms with van der Waals surface area (Å²) in [5.41, 5.74) is 5.83. The lowest BCUT2D eigenvalue weighted by Gasteiger charge is -2.34. The Kier molecular flexibility index (Phi) is 7.06. The highest BCUT2D eigenvalue weighted by molar-refractivity contribution is 5.77. The van der Waals surface area contributed by atoms with Gasteiger partial charge >= 0.3 is 0 Å². The number of piperazine rings is 1. The van der Waals surface area contributed by atoms with Crippen LogP contribution >= 0.6 is 0 Å². The van der Waals surface area contributed by atoms with E-state index in [0.717, 1.165) is 58.2 Å². The summed E-state index contributed by atoms with van der Waals surface area (Å²) in [6, 6.07) is 1.85. The summed E-state index contributed by atoms with van der Waals surface area (Å²) in [6.45, 7) is 11.1. The van der Waals surface area contributed by atoms with Gasteiger partial charge in [-0.05, 0) is 24.9 Å². The van der Waals surface area contributed by atoms with E-state index < -0.39 is 0 Å². The standard InChI is InChI=1S/C16H29N7/c1-14(2)13-21-15(17)18-7-4-8-22-9-11-23(12-10-22)16-19-5-3-6-20-16/h3,5-6,14H,4,7-13H2,1-2H3,(H3,17,18,21). The molecule has 2 rings (SSSR count). The minimum Gasteiger partial charge on any atom is -0.370 e. The summed E-state index contributed by atoms with van der Waals surface area (Å²) in [7, 11) is 0. The first kappa shape index (κ1) is 17.5. The highest BCUT2D eigenvalue weighted by atomic mass is 15.3. The van der Waals surface area contributed by atoms with Crippen LogP contribution in [0.1, 0.15) is 20.3 Å². The van der Waals surface area contributed by atoms with E-state index in [1.165, 1.54) is 0 Å². The molecule has 1 aromatic heterocycles. The van der Waals surface area contributed by atoms with Crippen molar-refractivity contribution in [2.75, 3.05) is 50.7 Å². The number of nitrogens with zero attached hydrogens (tertiary/aromatic N) is 5. The molecule has 23 heavy (non-hydrogen) atoms. The molecular weight excluding hydrogens is 290 g/mol. The zero-order valence-electron chi connectivity index (χ0n) is 14.3. The lowest BCUT2D eigenvalue weighted by atomic mass is 10.2. The van der Waals surface area contributed by atoms with Gasteiger partial charge in [0.15, 0.2) is 5.96 Å². The fourth-order valence-corrected chi connectivity index (χ4v) is 2.48. The van der Waals surface area contributed by atoms with Crippen LogP contribution in [0.2, 0.25) is 0 Å². The summed E-state index contributed by atoms with van der Waals surface area (Å²) in [6.07, 6.45) is 4.66. The molecule has 128 valence electrons. The Morgan fingerprint density at radius 3 is 2.61 bits per heavy atom. The summed E-state index contributed by atoms with van der Waals surface area (Å²) in [4.78, 5) is 17.6. The van der Waals surface area contributed by atoms with Gasteiger partial charge in [0.2, 0.25) is 5.95 Å². The van der Waals surface area contributed by atoms with Crippen molar-refractivity contribution in [3.05, 3.63) is 18.5 Å². The number of aromatic nitrogens is 2. The number of guanidine groups is 1. The van der Waals surface area contributed by atoms with Crippen molar-refractivity contribution >= 4 is 11.9 Å². The van der Waals surface area contributed by atoms with Crippen LogP contribution in [0.15, 0.2) is 23.5 Å². The second-order valence-corrected chi connectivity index (χ2v) is 6.28. The summed E-state index contributed by atoms with van der Waals surface area (Å²) >= 11 is 0. The van der Waals surface area contributed by atoms with E-state index in [2.05, 4.69) is 43.9 Å². The van der Waals surface area contributed by atoms with Gasteiger partial charge in [0.05, 0.1) is 0 Å². The fourth-order valence-electron chi connectivity index (χ4n) is 2.48. The molecule has 0 spiro atoms. The maximum Gasteiger partial charge on any atom is 0.225 e. The van der Waals surface area contributed by atoms with Crippen LogP contribution in [0, 0.1) is 5.92 Å². The minimum atomic E-state index is 0.542. The van der Waals surface area contributed by atoms with Gasteiger partial charge in [0.1, 0.15) is 0 Å². The fraction of sp³-hybridized carbons (Fsp3) is 0.688. The van der Waals surface area contributed by atoms with Crippen molar-refractivity contribution in [1.29, 1.82) is 0 Å². The van der Waals surface area contributed by atoms with Gasteiger partial charge in [-0.3, -0.25) is 9.89 Å². The molecule has 7 heteroatoms. The van der Waals surface area contributed by atoms with Gasteiger partial charge in [-0.2, -0.15) is 0 Å². The molecule has 0 aliphatic carbocycles. The van der Waals surface area contributed by atoms with Crippen molar-refractivity contribution < 1.29 is 0 Å². The predicted molar refractivity (Wildman–Crippen MR) is 94.6 cm³/mol. The molecule has 0 bridgehead atoms. The van der Waals surface area contributed by atoms with Crippen molar-refractivity contribution in [1.82, 2.24) is 20.2 Å². The molecule has 0 unspecified atom stereocenters. The summed E-state index contributed by atoms with van der Waals surface area (Å²) < 4.78 is 0. The Labute approximate surface area is 139 Å². The molecular formula is C16H29N7. The number of aliphatic imine (C=N–C) groups is 1. The van der Waals surface area contributed by atoms with Gasteiger partial charge in [-0.1, -0.05) is 13.8 Å². The third kappa shape index (κ3) is 6.40. The Bertz CT molecular complexity index is 467. The highest BCUT2D eigenvalue weighted by Gasteiger charge is 2.17. The highest BCUT2D eigenvalue weighted by Crippen LogP contribution is 2.09. The second kappa shape index (κ2) is 9.29. The van der Waals surface area contributed by atoms with Crippen LogP contribution in [0.3, 0.4) is 0 Å². The largest absolute Gasteiger partial charge is 0.370 e. The van der Waals surface area contributed by atoms with Crippen LogP contribution in [0.5, 0.6) is 0 Å². The lowest BCUT2D eigenvalue weighted by Crippen LogP contribution is -2.47. The first-order valence-corrected chi connectivity index (χ1v) is 8.43.